The summed E-state index contributed by atoms with van der Waals surface area (Å²) in [6, 6.07) is 2.77. The Morgan fingerprint density at radius 3 is 2.95 bits per heavy atom. The van der Waals surface area contributed by atoms with Gasteiger partial charge in [-0.25, -0.2) is 9.59 Å². The Morgan fingerprint density at radius 2 is 2.21 bits per heavy atom. The molecule has 1 fully saturated rings. The van der Waals surface area contributed by atoms with E-state index in [1.807, 2.05) is 0 Å². The molecule has 19 heavy (non-hydrogen) atoms. The Bertz CT molecular complexity index is 450. The molecule has 0 unspecified atom stereocenters. The molecule has 7 nitrogen and oxygen atoms in total. The van der Waals surface area contributed by atoms with Gasteiger partial charge in [0.05, 0.1) is 6.54 Å². The van der Waals surface area contributed by atoms with Crippen LogP contribution < -0.4 is 10.6 Å². The topological polar surface area (TPSA) is 94.8 Å². The van der Waals surface area contributed by atoms with Crippen LogP contribution in [0.2, 0.25) is 0 Å². The lowest BCUT2D eigenvalue weighted by molar-refractivity contribution is 0.0660. The van der Waals surface area contributed by atoms with Crippen molar-refractivity contribution in [2.75, 3.05) is 26.2 Å². The van der Waals surface area contributed by atoms with E-state index >= 15 is 0 Å². The van der Waals surface area contributed by atoms with Crippen molar-refractivity contribution in [1.29, 1.82) is 0 Å². The van der Waals surface area contributed by atoms with Crippen molar-refractivity contribution in [3.05, 3.63) is 23.7 Å². The first-order valence-electron chi connectivity index (χ1n) is 6.22. The Morgan fingerprint density at radius 1 is 1.37 bits per heavy atom. The fourth-order valence-electron chi connectivity index (χ4n) is 1.91. The van der Waals surface area contributed by atoms with Gasteiger partial charge in [0, 0.05) is 19.6 Å². The number of furan rings is 1. The summed E-state index contributed by atoms with van der Waals surface area (Å²) >= 11 is 0. The molecule has 2 rings (SSSR count). The highest BCUT2D eigenvalue weighted by Crippen LogP contribution is 2.07. The van der Waals surface area contributed by atoms with Gasteiger partial charge in [-0.1, -0.05) is 0 Å². The van der Waals surface area contributed by atoms with E-state index in [0.29, 0.717) is 12.3 Å². The molecule has 1 saturated heterocycles. The fraction of sp³-hybridized carbons (Fsp3) is 0.500. The molecule has 0 atom stereocenters. The molecule has 0 aliphatic carbocycles. The molecule has 1 aliphatic rings. The lowest BCUT2D eigenvalue weighted by Crippen LogP contribution is -2.41. The van der Waals surface area contributed by atoms with Crippen LogP contribution in [-0.2, 0) is 6.54 Å². The molecule has 0 bridgehead atoms. The summed E-state index contributed by atoms with van der Waals surface area (Å²) in [4.78, 5) is 24.3. The summed E-state index contributed by atoms with van der Waals surface area (Å²) in [7, 11) is 0. The number of carboxylic acids is 1. The Hall–Kier alpha value is -2.02. The first-order valence-corrected chi connectivity index (χ1v) is 6.22. The standard InChI is InChI=1S/C12H17N3O4/c16-11(17)10-3-2-9(19-10)8-14-12(18)15-6-1-4-13-5-7-15/h2-3,13H,1,4-8H2,(H,14,18)(H,16,17). The van der Waals surface area contributed by atoms with E-state index < -0.39 is 5.97 Å². The summed E-state index contributed by atoms with van der Waals surface area (Å²) in [6.07, 6.45) is 0.928. The maximum Gasteiger partial charge on any atom is 0.371 e. The van der Waals surface area contributed by atoms with Gasteiger partial charge in [0.2, 0.25) is 5.76 Å². The Labute approximate surface area is 110 Å². The van der Waals surface area contributed by atoms with Crippen LogP contribution in [0.3, 0.4) is 0 Å². The fourth-order valence-corrected chi connectivity index (χ4v) is 1.91. The number of carboxylic acid groups (broad SMARTS) is 1. The molecular weight excluding hydrogens is 250 g/mol. The molecule has 2 amide bonds. The normalized spacial score (nSPS) is 15.9. The van der Waals surface area contributed by atoms with E-state index in [1.54, 1.807) is 11.0 Å². The number of rotatable bonds is 3. The zero-order valence-corrected chi connectivity index (χ0v) is 10.5. The van der Waals surface area contributed by atoms with E-state index in [1.165, 1.54) is 6.07 Å². The van der Waals surface area contributed by atoms with Crippen LogP contribution in [0.5, 0.6) is 0 Å². The molecule has 1 aromatic heterocycles. The van der Waals surface area contributed by atoms with Crippen molar-refractivity contribution >= 4 is 12.0 Å². The number of nitrogens with zero attached hydrogens (tertiary/aromatic N) is 1. The van der Waals surface area contributed by atoms with Crippen molar-refractivity contribution in [3.8, 4) is 0 Å². The maximum atomic E-state index is 11.9. The van der Waals surface area contributed by atoms with E-state index in [4.69, 9.17) is 9.52 Å². The molecular formula is C12H17N3O4. The lowest BCUT2D eigenvalue weighted by atomic mass is 10.4. The average Bonchev–Trinajstić information content (AvgIpc) is 2.70. The number of carbonyl (C=O) groups excluding carboxylic acids is 1. The summed E-state index contributed by atoms with van der Waals surface area (Å²) in [5.74, 6) is -0.807. The van der Waals surface area contributed by atoms with Gasteiger partial charge >= 0.3 is 12.0 Å². The van der Waals surface area contributed by atoms with Crippen molar-refractivity contribution in [1.82, 2.24) is 15.5 Å². The summed E-state index contributed by atoms with van der Waals surface area (Å²) in [6.45, 7) is 3.29. The van der Waals surface area contributed by atoms with Crippen LogP contribution in [0.25, 0.3) is 0 Å². The molecule has 1 aromatic rings. The minimum atomic E-state index is -1.11. The third-order valence-corrected chi connectivity index (χ3v) is 2.91. The van der Waals surface area contributed by atoms with Crippen LogP contribution in [0.1, 0.15) is 22.7 Å². The Kier molecular flexibility index (Phi) is 4.40. The van der Waals surface area contributed by atoms with Crippen molar-refractivity contribution in [2.24, 2.45) is 0 Å². The number of hydrogen-bond acceptors (Lipinski definition) is 4. The molecule has 0 spiro atoms. The first kappa shape index (κ1) is 13.4. The third-order valence-electron chi connectivity index (χ3n) is 2.91. The number of aromatic carboxylic acids is 1. The van der Waals surface area contributed by atoms with E-state index in [9.17, 15) is 9.59 Å². The van der Waals surface area contributed by atoms with Crippen molar-refractivity contribution in [3.63, 3.8) is 0 Å². The second kappa shape index (κ2) is 6.24. The molecule has 2 heterocycles. The van der Waals surface area contributed by atoms with E-state index in [2.05, 4.69) is 10.6 Å². The number of hydrogen-bond donors (Lipinski definition) is 3. The van der Waals surface area contributed by atoms with Gasteiger partial charge in [0.25, 0.3) is 0 Å². The summed E-state index contributed by atoms with van der Waals surface area (Å²) < 4.78 is 5.06. The van der Waals surface area contributed by atoms with E-state index in [-0.39, 0.29) is 18.3 Å². The second-order valence-electron chi connectivity index (χ2n) is 4.32. The predicted octanol–water partition coefficient (Wildman–Crippen LogP) is 0.483. The second-order valence-corrected chi connectivity index (χ2v) is 4.32. The minimum absolute atomic E-state index is 0.122. The zero-order chi connectivity index (χ0) is 13.7. The van der Waals surface area contributed by atoms with E-state index in [0.717, 1.165) is 26.1 Å². The number of amides is 2. The van der Waals surface area contributed by atoms with Gasteiger partial charge < -0.3 is 25.1 Å². The molecule has 1 aliphatic heterocycles. The summed E-state index contributed by atoms with van der Waals surface area (Å²) in [5, 5.41) is 14.7. The molecule has 7 heteroatoms. The number of carbonyl (C=O) groups is 2. The first-order chi connectivity index (χ1) is 9.16. The minimum Gasteiger partial charge on any atom is -0.475 e. The van der Waals surface area contributed by atoms with Crippen molar-refractivity contribution in [2.45, 2.75) is 13.0 Å². The molecule has 104 valence electrons. The van der Waals surface area contributed by atoms with Gasteiger partial charge in [-0.2, -0.15) is 0 Å². The molecule has 0 saturated carbocycles. The third kappa shape index (κ3) is 3.72. The Balaban J connectivity index is 1.83. The van der Waals surface area contributed by atoms with Crippen LogP contribution >= 0.6 is 0 Å². The van der Waals surface area contributed by atoms with Crippen LogP contribution in [0, 0.1) is 0 Å². The SMILES string of the molecule is O=C(O)c1ccc(CNC(=O)N2CCCNCC2)o1. The highest BCUT2D eigenvalue weighted by Gasteiger charge is 2.15. The van der Waals surface area contributed by atoms with Gasteiger partial charge in [0.15, 0.2) is 0 Å². The van der Waals surface area contributed by atoms with Crippen LogP contribution in [-0.4, -0.2) is 48.2 Å². The largest absolute Gasteiger partial charge is 0.475 e. The maximum absolute atomic E-state index is 11.9. The smallest absolute Gasteiger partial charge is 0.371 e. The zero-order valence-electron chi connectivity index (χ0n) is 10.5. The van der Waals surface area contributed by atoms with Crippen molar-refractivity contribution < 1.29 is 19.1 Å². The van der Waals surface area contributed by atoms with Crippen LogP contribution in [0.4, 0.5) is 4.79 Å². The monoisotopic (exact) mass is 267 g/mol. The molecule has 0 radical (unpaired) electrons. The van der Waals surface area contributed by atoms with Crippen LogP contribution in [0.15, 0.2) is 16.5 Å². The number of urea groups is 1. The highest BCUT2D eigenvalue weighted by molar-refractivity contribution is 5.84. The van der Waals surface area contributed by atoms with Gasteiger partial charge in [-0.05, 0) is 25.1 Å². The number of nitrogens with one attached hydrogen (secondary N) is 2. The quantitative estimate of drug-likeness (QED) is 0.740. The average molecular weight is 267 g/mol. The molecule has 0 aromatic carbocycles. The predicted molar refractivity (Wildman–Crippen MR) is 67.0 cm³/mol. The molecule has 3 N–H and O–H groups in total. The van der Waals surface area contributed by atoms with Gasteiger partial charge in [-0.15, -0.1) is 0 Å². The lowest BCUT2D eigenvalue weighted by Gasteiger charge is -2.20. The highest BCUT2D eigenvalue weighted by atomic mass is 16.4. The van der Waals surface area contributed by atoms with Gasteiger partial charge in [-0.3, -0.25) is 0 Å². The van der Waals surface area contributed by atoms with Gasteiger partial charge in [0.1, 0.15) is 5.76 Å². The summed E-state index contributed by atoms with van der Waals surface area (Å²) in [5.41, 5.74) is 0.